The Morgan fingerprint density at radius 1 is 1.37 bits per heavy atom. The fraction of sp³-hybridized carbons (Fsp3) is 0.286. The molecular formula is C14H16N2O3. The third-order valence-electron chi connectivity index (χ3n) is 3.15. The van der Waals surface area contributed by atoms with Gasteiger partial charge in [-0.1, -0.05) is 25.1 Å². The molecule has 0 aliphatic heterocycles. The summed E-state index contributed by atoms with van der Waals surface area (Å²) in [4.78, 5) is 22.8. The van der Waals surface area contributed by atoms with Gasteiger partial charge in [0.25, 0.3) is 0 Å². The standard InChI is InChI=1S/C14H16N2O3/c1-2-9-4-3-5-10-11(12(17)6-15)7-16(14(9)10)8-13(18)19/h3-5,7H,2,6,8,15H2,1H3,(H,18,19). The van der Waals surface area contributed by atoms with Gasteiger partial charge >= 0.3 is 5.97 Å². The van der Waals surface area contributed by atoms with E-state index in [2.05, 4.69) is 0 Å². The topological polar surface area (TPSA) is 85.3 Å². The number of fused-ring (bicyclic) bond motifs is 1. The first-order chi connectivity index (χ1) is 9.08. The quantitative estimate of drug-likeness (QED) is 0.796. The van der Waals surface area contributed by atoms with Crippen LogP contribution in [0.5, 0.6) is 0 Å². The minimum absolute atomic E-state index is 0.0808. The second kappa shape index (κ2) is 5.24. The van der Waals surface area contributed by atoms with Gasteiger partial charge in [0.05, 0.1) is 12.1 Å². The van der Waals surface area contributed by atoms with Gasteiger partial charge in [0, 0.05) is 17.1 Å². The van der Waals surface area contributed by atoms with Gasteiger partial charge in [-0.2, -0.15) is 0 Å². The van der Waals surface area contributed by atoms with E-state index in [1.165, 1.54) is 0 Å². The van der Waals surface area contributed by atoms with Crippen LogP contribution in [-0.4, -0.2) is 28.0 Å². The van der Waals surface area contributed by atoms with Crippen LogP contribution in [-0.2, 0) is 17.8 Å². The van der Waals surface area contributed by atoms with Gasteiger partial charge in [-0.15, -0.1) is 0 Å². The minimum atomic E-state index is -0.936. The molecule has 2 rings (SSSR count). The van der Waals surface area contributed by atoms with E-state index in [0.29, 0.717) is 5.56 Å². The van der Waals surface area contributed by atoms with Crippen LogP contribution in [0.4, 0.5) is 0 Å². The number of para-hydroxylation sites is 1. The van der Waals surface area contributed by atoms with E-state index in [4.69, 9.17) is 10.8 Å². The minimum Gasteiger partial charge on any atom is -0.480 e. The summed E-state index contributed by atoms with van der Waals surface area (Å²) in [5.41, 5.74) is 7.73. The van der Waals surface area contributed by atoms with E-state index in [0.717, 1.165) is 22.9 Å². The van der Waals surface area contributed by atoms with Gasteiger partial charge < -0.3 is 15.4 Å². The summed E-state index contributed by atoms with van der Waals surface area (Å²) in [7, 11) is 0. The van der Waals surface area contributed by atoms with Crippen LogP contribution in [0, 0.1) is 0 Å². The number of Topliss-reactive ketones (excluding diaryl/α,β-unsaturated/α-hetero) is 1. The zero-order valence-corrected chi connectivity index (χ0v) is 10.7. The fourth-order valence-electron chi connectivity index (χ4n) is 2.33. The van der Waals surface area contributed by atoms with Gasteiger partial charge in [0.1, 0.15) is 6.54 Å². The lowest BCUT2D eigenvalue weighted by molar-refractivity contribution is -0.137. The first kappa shape index (κ1) is 13.3. The fourth-order valence-corrected chi connectivity index (χ4v) is 2.33. The highest BCUT2D eigenvalue weighted by Gasteiger charge is 2.16. The number of benzene rings is 1. The van der Waals surface area contributed by atoms with Gasteiger partial charge in [-0.25, -0.2) is 0 Å². The molecule has 19 heavy (non-hydrogen) atoms. The summed E-state index contributed by atoms with van der Waals surface area (Å²) in [6.45, 7) is 1.76. The second-order valence-corrected chi connectivity index (χ2v) is 4.36. The molecule has 2 aromatic rings. The molecule has 0 saturated heterocycles. The van der Waals surface area contributed by atoms with Crippen LogP contribution in [0.15, 0.2) is 24.4 Å². The largest absolute Gasteiger partial charge is 0.480 e. The molecular weight excluding hydrogens is 244 g/mol. The lowest BCUT2D eigenvalue weighted by atomic mass is 10.1. The highest BCUT2D eigenvalue weighted by molar-refractivity contribution is 6.09. The third kappa shape index (κ3) is 2.37. The number of rotatable bonds is 5. The van der Waals surface area contributed by atoms with Crippen LogP contribution in [0.2, 0.25) is 0 Å². The lowest BCUT2D eigenvalue weighted by Crippen LogP contribution is -2.13. The molecule has 1 aromatic carbocycles. The van der Waals surface area contributed by atoms with E-state index in [1.54, 1.807) is 10.8 Å². The molecule has 0 radical (unpaired) electrons. The zero-order chi connectivity index (χ0) is 14.0. The van der Waals surface area contributed by atoms with Crippen LogP contribution in [0.25, 0.3) is 10.9 Å². The van der Waals surface area contributed by atoms with Gasteiger partial charge in [0.15, 0.2) is 5.78 Å². The highest BCUT2D eigenvalue weighted by Crippen LogP contribution is 2.25. The Kier molecular flexibility index (Phi) is 3.66. The number of aryl methyl sites for hydroxylation is 1. The van der Waals surface area contributed by atoms with Crippen molar-refractivity contribution in [1.82, 2.24) is 4.57 Å². The van der Waals surface area contributed by atoms with Crippen molar-refractivity contribution >= 4 is 22.7 Å². The smallest absolute Gasteiger partial charge is 0.323 e. The van der Waals surface area contributed by atoms with Crippen molar-refractivity contribution < 1.29 is 14.7 Å². The summed E-state index contributed by atoms with van der Waals surface area (Å²) < 4.78 is 1.61. The van der Waals surface area contributed by atoms with E-state index >= 15 is 0 Å². The lowest BCUT2D eigenvalue weighted by Gasteiger charge is -2.05. The van der Waals surface area contributed by atoms with E-state index in [-0.39, 0.29) is 18.9 Å². The normalized spacial score (nSPS) is 10.8. The number of carbonyl (C=O) groups excluding carboxylic acids is 1. The van der Waals surface area contributed by atoms with E-state index < -0.39 is 5.97 Å². The molecule has 0 aliphatic carbocycles. The number of ketones is 1. The number of aliphatic carboxylic acids is 1. The van der Waals surface area contributed by atoms with Gasteiger partial charge in [-0.05, 0) is 12.0 Å². The first-order valence-electron chi connectivity index (χ1n) is 6.14. The summed E-state index contributed by atoms with van der Waals surface area (Å²) in [6, 6.07) is 5.65. The molecule has 0 amide bonds. The Hall–Kier alpha value is -2.14. The Balaban J connectivity index is 2.73. The molecule has 100 valence electrons. The molecule has 0 fully saturated rings. The molecule has 3 N–H and O–H groups in total. The SMILES string of the molecule is CCc1cccc2c(C(=O)CN)cn(CC(=O)O)c12. The molecule has 0 unspecified atom stereocenters. The number of carboxylic acid groups (broad SMARTS) is 1. The summed E-state index contributed by atoms with van der Waals surface area (Å²) in [5, 5.41) is 9.74. The Morgan fingerprint density at radius 2 is 2.11 bits per heavy atom. The van der Waals surface area contributed by atoms with Crippen molar-refractivity contribution in [3.8, 4) is 0 Å². The number of aromatic nitrogens is 1. The van der Waals surface area contributed by atoms with Crippen LogP contribution in [0.3, 0.4) is 0 Å². The molecule has 0 aliphatic rings. The zero-order valence-electron chi connectivity index (χ0n) is 10.7. The Labute approximate surface area is 110 Å². The summed E-state index contributed by atoms with van der Waals surface area (Å²) >= 11 is 0. The van der Waals surface area contributed by atoms with Crippen LogP contribution >= 0.6 is 0 Å². The third-order valence-corrected chi connectivity index (χ3v) is 3.15. The Bertz CT molecular complexity index is 643. The molecule has 5 nitrogen and oxygen atoms in total. The number of carboxylic acids is 1. The van der Waals surface area contributed by atoms with Crippen molar-refractivity contribution in [2.75, 3.05) is 6.54 Å². The van der Waals surface area contributed by atoms with Crippen molar-refractivity contribution in [3.05, 3.63) is 35.5 Å². The predicted octanol–water partition coefficient (Wildman–Crippen LogP) is 1.43. The monoisotopic (exact) mass is 260 g/mol. The maximum absolute atomic E-state index is 11.8. The average Bonchev–Trinajstić information content (AvgIpc) is 2.76. The van der Waals surface area contributed by atoms with Gasteiger partial charge in [0.2, 0.25) is 0 Å². The number of nitrogens with two attached hydrogens (primary N) is 1. The molecule has 1 aromatic heterocycles. The van der Waals surface area contributed by atoms with Crippen molar-refractivity contribution in [2.45, 2.75) is 19.9 Å². The molecule has 0 bridgehead atoms. The van der Waals surface area contributed by atoms with Gasteiger partial charge in [-0.3, -0.25) is 9.59 Å². The molecule has 0 saturated carbocycles. The van der Waals surface area contributed by atoms with Crippen LogP contribution in [0.1, 0.15) is 22.8 Å². The van der Waals surface area contributed by atoms with Crippen molar-refractivity contribution in [1.29, 1.82) is 0 Å². The number of nitrogens with zero attached hydrogens (tertiary/aromatic N) is 1. The highest BCUT2D eigenvalue weighted by atomic mass is 16.4. The number of carbonyl (C=O) groups is 2. The Morgan fingerprint density at radius 3 is 2.68 bits per heavy atom. The maximum atomic E-state index is 11.8. The summed E-state index contributed by atoms with van der Waals surface area (Å²) in [6.07, 6.45) is 2.37. The molecule has 0 spiro atoms. The molecule has 0 atom stereocenters. The average molecular weight is 260 g/mol. The van der Waals surface area contributed by atoms with Crippen molar-refractivity contribution in [2.24, 2.45) is 5.73 Å². The molecule has 1 heterocycles. The van der Waals surface area contributed by atoms with E-state index in [9.17, 15) is 9.59 Å². The van der Waals surface area contributed by atoms with E-state index in [1.807, 2.05) is 25.1 Å². The van der Waals surface area contributed by atoms with Crippen molar-refractivity contribution in [3.63, 3.8) is 0 Å². The maximum Gasteiger partial charge on any atom is 0.323 e. The first-order valence-corrected chi connectivity index (χ1v) is 6.14. The summed E-state index contributed by atoms with van der Waals surface area (Å²) in [5.74, 6) is -1.11. The number of hydrogen-bond donors (Lipinski definition) is 2. The predicted molar refractivity (Wildman–Crippen MR) is 72.3 cm³/mol. The molecule has 5 heteroatoms. The van der Waals surface area contributed by atoms with Crippen LogP contribution < -0.4 is 5.73 Å². The number of hydrogen-bond acceptors (Lipinski definition) is 3. The second-order valence-electron chi connectivity index (χ2n) is 4.36.